The van der Waals surface area contributed by atoms with Crippen LogP contribution in [-0.4, -0.2) is 53.0 Å². The minimum atomic E-state index is -1.14. The largest absolute Gasteiger partial charge is 0.394 e. The molecule has 0 aromatic heterocycles. The Morgan fingerprint density at radius 2 is 1.77 bits per heavy atom. The molecule has 0 saturated carbocycles. The molecule has 1 saturated heterocycles. The Morgan fingerprint density at radius 1 is 1.07 bits per heavy atom. The number of nitrogens with zero attached hydrogens (tertiary/aromatic N) is 2. The average molecular weight is 427 g/mol. The zero-order valence-electron chi connectivity index (χ0n) is 17.4. The van der Waals surface area contributed by atoms with Gasteiger partial charge >= 0.3 is 0 Å². The molecule has 30 heavy (non-hydrogen) atoms. The van der Waals surface area contributed by atoms with Crippen molar-refractivity contribution in [2.45, 2.75) is 44.8 Å². The van der Waals surface area contributed by atoms with E-state index < -0.39 is 18.8 Å². The minimum absolute atomic E-state index is 0.307. The van der Waals surface area contributed by atoms with Gasteiger partial charge in [0.25, 0.3) is 0 Å². The third kappa shape index (κ3) is 5.55. The van der Waals surface area contributed by atoms with E-state index in [1.165, 1.54) is 42.1 Å². The molecule has 5 nitrogen and oxygen atoms in total. The van der Waals surface area contributed by atoms with Gasteiger partial charge in [-0.2, -0.15) is 5.26 Å². The van der Waals surface area contributed by atoms with Crippen molar-refractivity contribution in [2.24, 2.45) is 0 Å². The fourth-order valence-corrected chi connectivity index (χ4v) is 4.73. The van der Waals surface area contributed by atoms with Crippen LogP contribution in [0.1, 0.15) is 38.2 Å². The first kappa shape index (κ1) is 22.6. The van der Waals surface area contributed by atoms with E-state index in [1.54, 1.807) is 0 Å². The van der Waals surface area contributed by atoms with Crippen LogP contribution in [0, 0.1) is 11.3 Å². The van der Waals surface area contributed by atoms with Crippen molar-refractivity contribution < 1.29 is 15.3 Å². The van der Waals surface area contributed by atoms with Crippen molar-refractivity contribution in [3.05, 3.63) is 46.9 Å². The van der Waals surface area contributed by atoms with Gasteiger partial charge in [0.05, 0.1) is 17.6 Å². The molecule has 1 aliphatic heterocycles. The normalized spacial score (nSPS) is 17.4. The first-order valence-corrected chi connectivity index (χ1v) is 11.5. The highest BCUT2D eigenvalue weighted by atomic mass is 32.2. The van der Waals surface area contributed by atoms with Crippen LogP contribution in [0.5, 0.6) is 0 Å². The predicted molar refractivity (Wildman–Crippen MR) is 124 cm³/mol. The van der Waals surface area contributed by atoms with Crippen molar-refractivity contribution in [1.82, 2.24) is 0 Å². The number of thioether (sulfide) groups is 1. The summed E-state index contributed by atoms with van der Waals surface area (Å²) in [5, 5.41) is 40.0. The van der Waals surface area contributed by atoms with Crippen LogP contribution in [0.4, 0.5) is 5.69 Å². The standard InChI is InChI=1S/C24H30N2O3S/c1-17(24(15-25)30-12-9-22(28)23(29)16-27)18-5-6-20-14-21(8-7-19(20)13-18)26-10-3-2-4-11-26/h5-8,13-14,22-23,27-29H,2-4,9-12,16H2,1H3/b24-17+. The van der Waals surface area contributed by atoms with Gasteiger partial charge in [-0.05, 0) is 72.7 Å². The summed E-state index contributed by atoms with van der Waals surface area (Å²) in [5.74, 6) is 0.491. The molecule has 1 heterocycles. The molecule has 0 bridgehead atoms. The summed E-state index contributed by atoms with van der Waals surface area (Å²) in [7, 11) is 0. The van der Waals surface area contributed by atoms with Crippen molar-refractivity contribution in [3.8, 4) is 6.07 Å². The van der Waals surface area contributed by atoms with Gasteiger partial charge in [-0.15, -0.1) is 11.8 Å². The molecule has 0 aliphatic carbocycles. The summed E-state index contributed by atoms with van der Waals surface area (Å²) in [5.41, 5.74) is 3.19. The van der Waals surface area contributed by atoms with Gasteiger partial charge in [0.2, 0.25) is 0 Å². The number of benzene rings is 2. The lowest BCUT2D eigenvalue weighted by atomic mass is 10.0. The van der Waals surface area contributed by atoms with Gasteiger partial charge < -0.3 is 20.2 Å². The van der Waals surface area contributed by atoms with Crippen molar-refractivity contribution >= 4 is 33.8 Å². The molecule has 160 valence electrons. The zero-order valence-corrected chi connectivity index (χ0v) is 18.2. The van der Waals surface area contributed by atoms with E-state index in [0.29, 0.717) is 17.1 Å². The summed E-state index contributed by atoms with van der Waals surface area (Å²) in [4.78, 5) is 3.05. The van der Waals surface area contributed by atoms with Crippen molar-refractivity contribution in [1.29, 1.82) is 5.26 Å². The smallest absolute Gasteiger partial charge is 0.106 e. The predicted octanol–water partition coefficient (Wildman–Crippen LogP) is 3.92. The van der Waals surface area contributed by atoms with Crippen molar-refractivity contribution in [3.63, 3.8) is 0 Å². The number of aliphatic hydroxyl groups excluding tert-OH is 3. The molecule has 0 radical (unpaired) electrons. The number of rotatable bonds is 8. The van der Waals surface area contributed by atoms with E-state index >= 15 is 0 Å². The molecule has 0 spiro atoms. The summed E-state index contributed by atoms with van der Waals surface area (Å²) < 4.78 is 0. The highest BCUT2D eigenvalue weighted by Gasteiger charge is 2.16. The van der Waals surface area contributed by atoms with E-state index in [9.17, 15) is 15.5 Å². The Morgan fingerprint density at radius 3 is 2.47 bits per heavy atom. The zero-order chi connectivity index (χ0) is 21.5. The summed E-state index contributed by atoms with van der Waals surface area (Å²) in [6.07, 6.45) is 2.01. The quantitative estimate of drug-likeness (QED) is 0.555. The van der Waals surface area contributed by atoms with Crippen LogP contribution >= 0.6 is 11.8 Å². The van der Waals surface area contributed by atoms with E-state index in [4.69, 9.17) is 5.11 Å². The number of nitriles is 1. The lowest BCUT2D eigenvalue weighted by Gasteiger charge is -2.29. The minimum Gasteiger partial charge on any atom is -0.394 e. The van der Waals surface area contributed by atoms with Crippen LogP contribution in [0.25, 0.3) is 16.3 Å². The first-order chi connectivity index (χ1) is 14.5. The van der Waals surface area contributed by atoms with Crippen LogP contribution in [0.15, 0.2) is 41.3 Å². The molecular weight excluding hydrogens is 396 g/mol. The topological polar surface area (TPSA) is 87.7 Å². The van der Waals surface area contributed by atoms with Crippen LogP contribution < -0.4 is 4.90 Å². The van der Waals surface area contributed by atoms with Gasteiger partial charge in [-0.3, -0.25) is 0 Å². The Hall–Kier alpha value is -2.04. The Kier molecular flexibility index (Phi) is 8.17. The summed E-state index contributed by atoms with van der Waals surface area (Å²) in [6.45, 7) is 3.71. The first-order valence-electron chi connectivity index (χ1n) is 10.5. The molecule has 2 atom stereocenters. The van der Waals surface area contributed by atoms with Gasteiger partial charge in [0.15, 0.2) is 0 Å². The fourth-order valence-electron chi connectivity index (χ4n) is 3.77. The second-order valence-corrected chi connectivity index (χ2v) is 8.92. The second-order valence-electron chi connectivity index (χ2n) is 7.81. The SMILES string of the molecule is C/C(=C(/C#N)SCCC(O)C(O)CO)c1ccc2cc(N3CCCCC3)ccc2c1. The Bertz CT molecular complexity index is 932. The van der Waals surface area contributed by atoms with Crippen LogP contribution in [0.2, 0.25) is 0 Å². The maximum atomic E-state index is 9.77. The number of aliphatic hydroxyl groups is 3. The molecular formula is C24H30N2O3S. The molecule has 1 fully saturated rings. The number of allylic oxidation sites excluding steroid dienone is 2. The van der Waals surface area contributed by atoms with Gasteiger partial charge in [0.1, 0.15) is 12.2 Å². The molecule has 0 amide bonds. The van der Waals surface area contributed by atoms with E-state index in [-0.39, 0.29) is 0 Å². The van der Waals surface area contributed by atoms with Gasteiger partial charge in [-0.25, -0.2) is 0 Å². The highest BCUT2D eigenvalue weighted by molar-refractivity contribution is 8.03. The van der Waals surface area contributed by atoms with E-state index in [0.717, 1.165) is 29.6 Å². The van der Waals surface area contributed by atoms with Gasteiger partial charge in [-0.1, -0.05) is 18.2 Å². The fraction of sp³-hybridized carbons (Fsp3) is 0.458. The maximum absolute atomic E-state index is 9.77. The number of hydrogen-bond acceptors (Lipinski definition) is 6. The van der Waals surface area contributed by atoms with Crippen LogP contribution in [0.3, 0.4) is 0 Å². The van der Waals surface area contributed by atoms with Crippen LogP contribution in [-0.2, 0) is 0 Å². The molecule has 6 heteroatoms. The van der Waals surface area contributed by atoms with E-state index in [1.807, 2.05) is 6.92 Å². The Balaban J connectivity index is 1.74. The van der Waals surface area contributed by atoms with Gasteiger partial charge in [0, 0.05) is 24.5 Å². The third-order valence-electron chi connectivity index (χ3n) is 5.71. The average Bonchev–Trinajstić information content (AvgIpc) is 2.80. The number of piperidine rings is 1. The lowest BCUT2D eigenvalue weighted by molar-refractivity contribution is -0.0146. The second kappa shape index (κ2) is 10.8. The monoisotopic (exact) mass is 426 g/mol. The highest BCUT2D eigenvalue weighted by Crippen LogP contribution is 2.31. The van der Waals surface area contributed by atoms with Crippen molar-refractivity contribution in [2.75, 3.05) is 30.3 Å². The number of fused-ring (bicyclic) bond motifs is 1. The molecule has 2 unspecified atom stereocenters. The third-order valence-corrected chi connectivity index (χ3v) is 6.84. The number of anilines is 1. The maximum Gasteiger partial charge on any atom is 0.106 e. The Labute approximate surface area is 182 Å². The molecule has 3 N–H and O–H groups in total. The van der Waals surface area contributed by atoms with E-state index in [2.05, 4.69) is 47.4 Å². The molecule has 2 aromatic rings. The molecule has 1 aliphatic rings. The number of hydrogen-bond donors (Lipinski definition) is 3. The summed E-state index contributed by atoms with van der Waals surface area (Å²) >= 11 is 1.37. The summed E-state index contributed by atoms with van der Waals surface area (Å²) in [6, 6.07) is 15.1. The molecule has 3 rings (SSSR count). The molecule has 2 aromatic carbocycles. The lowest BCUT2D eigenvalue weighted by Crippen LogP contribution is -2.29.